The fourth-order valence-electron chi connectivity index (χ4n) is 4.21. The molecule has 3 aromatic rings. The maximum absolute atomic E-state index is 12.8. The molecular formula is C28H30N2O4. The highest BCUT2D eigenvalue weighted by Crippen LogP contribution is 2.28. The fourth-order valence-corrected chi connectivity index (χ4v) is 4.21. The number of rotatable bonds is 10. The van der Waals surface area contributed by atoms with Gasteiger partial charge in [-0.25, -0.2) is 0 Å². The summed E-state index contributed by atoms with van der Waals surface area (Å²) in [5.41, 5.74) is 6.32. The first-order valence-corrected chi connectivity index (χ1v) is 11.8. The fraction of sp³-hybridized carbons (Fsp3) is 0.286. The van der Waals surface area contributed by atoms with Gasteiger partial charge in [0.15, 0.2) is 0 Å². The van der Waals surface area contributed by atoms with Gasteiger partial charge in [0.2, 0.25) is 0 Å². The quantitative estimate of drug-likeness (QED) is 0.341. The van der Waals surface area contributed by atoms with Gasteiger partial charge in [-0.05, 0) is 79.1 Å². The van der Waals surface area contributed by atoms with Gasteiger partial charge >= 0.3 is 5.97 Å². The van der Waals surface area contributed by atoms with E-state index in [0.717, 1.165) is 18.4 Å². The van der Waals surface area contributed by atoms with Crippen molar-refractivity contribution in [2.24, 2.45) is 0 Å². The summed E-state index contributed by atoms with van der Waals surface area (Å²) >= 11 is 0. The molecule has 0 atom stereocenters. The molecule has 6 nitrogen and oxygen atoms in total. The SMILES string of the molecule is O=C(O)CCCOc1ccccc1NC(=O)c1ccc(CNc2cccc3c2CCCC3)cc1. The molecule has 34 heavy (non-hydrogen) atoms. The van der Waals surface area contributed by atoms with Crippen LogP contribution in [0.2, 0.25) is 0 Å². The van der Waals surface area contributed by atoms with E-state index < -0.39 is 5.97 Å². The summed E-state index contributed by atoms with van der Waals surface area (Å²) in [4.78, 5) is 23.4. The third-order valence-corrected chi connectivity index (χ3v) is 6.02. The van der Waals surface area contributed by atoms with Gasteiger partial charge in [0.1, 0.15) is 5.75 Å². The first-order valence-electron chi connectivity index (χ1n) is 11.8. The van der Waals surface area contributed by atoms with Crippen LogP contribution in [-0.4, -0.2) is 23.6 Å². The standard InChI is InChI=1S/C28H30N2O4/c31-27(32)13-6-18-34-26-12-4-3-10-25(26)30-28(33)22-16-14-20(15-17-22)19-29-24-11-5-8-21-7-1-2-9-23(21)24/h3-5,8,10-12,14-17,29H,1-2,6-7,9,13,18-19H2,(H,30,33)(H,31,32). The first kappa shape index (κ1) is 23.4. The zero-order valence-corrected chi connectivity index (χ0v) is 19.2. The van der Waals surface area contributed by atoms with Gasteiger partial charge in [-0.15, -0.1) is 0 Å². The minimum atomic E-state index is -0.855. The predicted octanol–water partition coefficient (Wildman–Crippen LogP) is 5.67. The number of ether oxygens (including phenoxy) is 1. The van der Waals surface area contributed by atoms with E-state index in [1.807, 2.05) is 36.4 Å². The van der Waals surface area contributed by atoms with E-state index in [4.69, 9.17) is 9.84 Å². The number of hydrogen-bond donors (Lipinski definition) is 3. The Balaban J connectivity index is 1.34. The van der Waals surface area contributed by atoms with E-state index in [1.54, 1.807) is 12.1 Å². The number of carboxylic acids is 1. The second-order valence-corrected chi connectivity index (χ2v) is 8.50. The molecule has 0 radical (unpaired) electrons. The van der Waals surface area contributed by atoms with Crippen molar-refractivity contribution in [2.75, 3.05) is 17.2 Å². The van der Waals surface area contributed by atoms with Crippen molar-refractivity contribution in [2.45, 2.75) is 45.1 Å². The van der Waals surface area contributed by atoms with Crippen molar-refractivity contribution in [3.8, 4) is 5.75 Å². The van der Waals surface area contributed by atoms with E-state index in [2.05, 4.69) is 28.8 Å². The number of nitrogens with one attached hydrogen (secondary N) is 2. The Morgan fingerprint density at radius 1 is 0.882 bits per heavy atom. The van der Waals surface area contributed by atoms with E-state index >= 15 is 0 Å². The molecular weight excluding hydrogens is 428 g/mol. The largest absolute Gasteiger partial charge is 0.491 e. The Morgan fingerprint density at radius 3 is 2.47 bits per heavy atom. The molecule has 3 aromatic carbocycles. The van der Waals surface area contributed by atoms with Crippen molar-refractivity contribution in [1.82, 2.24) is 0 Å². The smallest absolute Gasteiger partial charge is 0.303 e. The van der Waals surface area contributed by atoms with Crippen molar-refractivity contribution >= 4 is 23.3 Å². The normalized spacial score (nSPS) is 12.5. The molecule has 1 aliphatic carbocycles. The molecule has 0 heterocycles. The van der Waals surface area contributed by atoms with Crippen LogP contribution in [0.3, 0.4) is 0 Å². The molecule has 4 rings (SSSR count). The molecule has 0 aliphatic heterocycles. The zero-order valence-electron chi connectivity index (χ0n) is 19.2. The average Bonchev–Trinajstić information content (AvgIpc) is 2.86. The van der Waals surface area contributed by atoms with Gasteiger partial charge in [0, 0.05) is 24.2 Å². The second-order valence-electron chi connectivity index (χ2n) is 8.50. The summed E-state index contributed by atoms with van der Waals surface area (Å²) < 4.78 is 5.67. The summed E-state index contributed by atoms with van der Waals surface area (Å²) in [7, 11) is 0. The summed E-state index contributed by atoms with van der Waals surface area (Å²) in [6.07, 6.45) is 5.24. The molecule has 0 bridgehead atoms. The van der Waals surface area contributed by atoms with Crippen molar-refractivity contribution in [3.05, 3.63) is 89.0 Å². The van der Waals surface area contributed by atoms with E-state index in [0.29, 0.717) is 30.0 Å². The first-order chi connectivity index (χ1) is 16.6. The highest BCUT2D eigenvalue weighted by Gasteiger charge is 2.13. The lowest BCUT2D eigenvalue weighted by atomic mass is 9.90. The summed E-state index contributed by atoms with van der Waals surface area (Å²) in [6, 6.07) is 21.2. The van der Waals surface area contributed by atoms with E-state index in [1.165, 1.54) is 29.7 Å². The van der Waals surface area contributed by atoms with Crippen LogP contribution >= 0.6 is 0 Å². The van der Waals surface area contributed by atoms with E-state index in [-0.39, 0.29) is 18.9 Å². The van der Waals surface area contributed by atoms with Crippen LogP contribution in [0, 0.1) is 0 Å². The Kier molecular flexibility index (Phi) is 7.81. The topological polar surface area (TPSA) is 87.7 Å². The van der Waals surface area contributed by atoms with Crippen LogP contribution in [0.15, 0.2) is 66.7 Å². The second kappa shape index (κ2) is 11.4. The van der Waals surface area contributed by atoms with Gasteiger partial charge < -0.3 is 20.5 Å². The third kappa shape index (κ3) is 6.16. The third-order valence-electron chi connectivity index (χ3n) is 6.02. The molecule has 1 amide bonds. The molecule has 0 saturated carbocycles. The van der Waals surface area contributed by atoms with Crippen LogP contribution < -0.4 is 15.4 Å². The number of aliphatic carboxylic acids is 1. The summed E-state index contributed by atoms with van der Waals surface area (Å²) in [6.45, 7) is 0.969. The van der Waals surface area contributed by atoms with Crippen LogP contribution in [0.5, 0.6) is 5.75 Å². The minimum absolute atomic E-state index is 0.0441. The lowest BCUT2D eigenvalue weighted by molar-refractivity contribution is -0.137. The minimum Gasteiger partial charge on any atom is -0.491 e. The van der Waals surface area contributed by atoms with Crippen molar-refractivity contribution in [1.29, 1.82) is 0 Å². The van der Waals surface area contributed by atoms with Crippen LogP contribution in [0.4, 0.5) is 11.4 Å². The highest BCUT2D eigenvalue weighted by atomic mass is 16.5. The van der Waals surface area contributed by atoms with Crippen LogP contribution in [0.25, 0.3) is 0 Å². The number of carboxylic acid groups (broad SMARTS) is 1. The van der Waals surface area contributed by atoms with Gasteiger partial charge in [0.05, 0.1) is 12.3 Å². The number of carbonyl (C=O) groups excluding carboxylic acids is 1. The van der Waals surface area contributed by atoms with Crippen LogP contribution in [0.1, 0.15) is 52.7 Å². The number of benzene rings is 3. The number of para-hydroxylation sites is 2. The maximum atomic E-state index is 12.8. The number of fused-ring (bicyclic) bond motifs is 1. The van der Waals surface area contributed by atoms with Crippen molar-refractivity contribution < 1.29 is 19.4 Å². The molecule has 0 spiro atoms. The zero-order chi connectivity index (χ0) is 23.8. The molecule has 0 unspecified atom stereocenters. The maximum Gasteiger partial charge on any atom is 0.303 e. The molecule has 0 saturated heterocycles. The monoisotopic (exact) mass is 458 g/mol. The van der Waals surface area contributed by atoms with Gasteiger partial charge in [0.25, 0.3) is 5.91 Å². The Hall–Kier alpha value is -3.80. The number of hydrogen-bond acceptors (Lipinski definition) is 4. The van der Waals surface area contributed by atoms with Crippen molar-refractivity contribution in [3.63, 3.8) is 0 Å². The van der Waals surface area contributed by atoms with Gasteiger partial charge in [-0.3, -0.25) is 9.59 Å². The number of carbonyl (C=O) groups is 2. The summed E-state index contributed by atoms with van der Waals surface area (Å²) in [5.74, 6) is -0.557. The molecule has 0 fully saturated rings. The van der Waals surface area contributed by atoms with Gasteiger partial charge in [-0.2, -0.15) is 0 Å². The molecule has 6 heteroatoms. The van der Waals surface area contributed by atoms with Crippen LogP contribution in [-0.2, 0) is 24.2 Å². The predicted molar refractivity (Wildman–Crippen MR) is 134 cm³/mol. The lowest BCUT2D eigenvalue weighted by Crippen LogP contribution is -2.13. The molecule has 3 N–H and O–H groups in total. The van der Waals surface area contributed by atoms with E-state index in [9.17, 15) is 9.59 Å². The Bertz CT molecular complexity index is 1140. The Morgan fingerprint density at radius 2 is 1.65 bits per heavy atom. The molecule has 176 valence electrons. The number of anilines is 2. The lowest BCUT2D eigenvalue weighted by Gasteiger charge is -2.20. The summed E-state index contributed by atoms with van der Waals surface area (Å²) in [5, 5.41) is 15.2. The molecule has 1 aliphatic rings. The van der Waals surface area contributed by atoms with Gasteiger partial charge in [-0.1, -0.05) is 36.4 Å². The number of aryl methyl sites for hydroxylation is 1. The molecule has 0 aromatic heterocycles. The highest BCUT2D eigenvalue weighted by molar-refractivity contribution is 6.05. The average molecular weight is 459 g/mol. The number of amides is 1. The Labute approximate surface area is 200 Å².